The number of carbonyl (C=O) groups is 2. The third kappa shape index (κ3) is 4.13. The molecule has 7 nitrogen and oxygen atoms in total. The van der Waals surface area contributed by atoms with Crippen LogP contribution in [0.25, 0.3) is 5.57 Å². The number of hydrogen-bond acceptors (Lipinski definition) is 6. The molecule has 0 atom stereocenters. The van der Waals surface area contributed by atoms with Crippen molar-refractivity contribution in [2.75, 3.05) is 43.4 Å². The van der Waals surface area contributed by atoms with Gasteiger partial charge >= 0.3 is 0 Å². The fourth-order valence-electron chi connectivity index (χ4n) is 3.70. The van der Waals surface area contributed by atoms with Gasteiger partial charge in [0.15, 0.2) is 0 Å². The van der Waals surface area contributed by atoms with Gasteiger partial charge in [-0.1, -0.05) is 30.3 Å². The Balaban J connectivity index is 1.80. The lowest BCUT2D eigenvalue weighted by Gasteiger charge is -2.18. The van der Waals surface area contributed by atoms with Gasteiger partial charge < -0.3 is 19.7 Å². The van der Waals surface area contributed by atoms with Crippen LogP contribution in [0.4, 0.5) is 17.1 Å². The standard InChI is InChI=1S/C26H25N3O4/c1-28(2)18-10-12-19(13-11-18)29-25(30)23(17-8-6-5-7-9-17)24(26(29)31)27-21-16-20(32-3)14-15-22(21)33-4/h5-16,27H,1-4H3. The summed E-state index contributed by atoms with van der Waals surface area (Å²) < 4.78 is 10.8. The molecule has 2 amide bonds. The van der Waals surface area contributed by atoms with Gasteiger partial charge in [-0.2, -0.15) is 0 Å². The van der Waals surface area contributed by atoms with Gasteiger partial charge in [-0.15, -0.1) is 0 Å². The van der Waals surface area contributed by atoms with E-state index in [0.717, 1.165) is 5.69 Å². The summed E-state index contributed by atoms with van der Waals surface area (Å²) in [4.78, 5) is 30.3. The lowest BCUT2D eigenvalue weighted by Crippen LogP contribution is -2.32. The highest BCUT2D eigenvalue weighted by Crippen LogP contribution is 2.37. The van der Waals surface area contributed by atoms with E-state index < -0.39 is 11.8 Å². The van der Waals surface area contributed by atoms with Crippen LogP contribution >= 0.6 is 0 Å². The van der Waals surface area contributed by atoms with E-state index in [4.69, 9.17) is 9.47 Å². The van der Waals surface area contributed by atoms with Crippen molar-refractivity contribution in [1.29, 1.82) is 0 Å². The summed E-state index contributed by atoms with van der Waals surface area (Å²) in [6.45, 7) is 0. The van der Waals surface area contributed by atoms with E-state index in [1.54, 1.807) is 44.6 Å². The Labute approximate surface area is 192 Å². The number of benzene rings is 3. The van der Waals surface area contributed by atoms with Crippen molar-refractivity contribution >= 4 is 34.4 Å². The molecule has 3 aromatic rings. The molecule has 0 fully saturated rings. The zero-order chi connectivity index (χ0) is 23.5. The molecule has 1 N–H and O–H groups in total. The Morgan fingerprint density at radius 1 is 0.818 bits per heavy atom. The van der Waals surface area contributed by atoms with Crippen molar-refractivity contribution in [1.82, 2.24) is 0 Å². The van der Waals surface area contributed by atoms with Gasteiger partial charge in [0, 0.05) is 25.8 Å². The minimum absolute atomic E-state index is 0.175. The number of anilines is 3. The third-order valence-electron chi connectivity index (χ3n) is 5.44. The molecule has 1 aliphatic rings. The van der Waals surface area contributed by atoms with Gasteiger partial charge in [-0.3, -0.25) is 9.59 Å². The van der Waals surface area contributed by atoms with Crippen molar-refractivity contribution in [3.63, 3.8) is 0 Å². The molecule has 7 heteroatoms. The molecule has 0 saturated heterocycles. The Kier molecular flexibility index (Phi) is 6.04. The number of methoxy groups -OCH3 is 2. The first-order valence-corrected chi connectivity index (χ1v) is 10.4. The van der Waals surface area contributed by atoms with Crippen LogP contribution in [0.5, 0.6) is 11.5 Å². The molecule has 1 aliphatic heterocycles. The van der Waals surface area contributed by atoms with E-state index >= 15 is 0 Å². The molecule has 0 aromatic heterocycles. The number of nitrogens with one attached hydrogen (secondary N) is 1. The minimum atomic E-state index is -0.443. The molecular formula is C26H25N3O4. The Morgan fingerprint density at radius 3 is 2.12 bits per heavy atom. The number of carbonyl (C=O) groups excluding carboxylic acids is 2. The Hall–Kier alpha value is -4.26. The summed E-state index contributed by atoms with van der Waals surface area (Å²) >= 11 is 0. The van der Waals surface area contributed by atoms with E-state index in [2.05, 4.69) is 5.32 Å². The van der Waals surface area contributed by atoms with Crippen LogP contribution in [0, 0.1) is 0 Å². The fraction of sp³-hybridized carbons (Fsp3) is 0.154. The van der Waals surface area contributed by atoms with Crippen molar-refractivity contribution in [2.24, 2.45) is 0 Å². The van der Waals surface area contributed by atoms with Gasteiger partial charge in [0.2, 0.25) is 0 Å². The molecule has 1 heterocycles. The molecule has 0 bridgehead atoms. The van der Waals surface area contributed by atoms with Crippen molar-refractivity contribution in [3.05, 3.63) is 84.1 Å². The maximum absolute atomic E-state index is 13.6. The number of rotatable bonds is 7. The predicted molar refractivity (Wildman–Crippen MR) is 130 cm³/mol. The number of nitrogens with zero attached hydrogens (tertiary/aromatic N) is 2. The summed E-state index contributed by atoms with van der Waals surface area (Å²) in [7, 11) is 6.96. The summed E-state index contributed by atoms with van der Waals surface area (Å²) in [5.74, 6) is 0.271. The van der Waals surface area contributed by atoms with Crippen LogP contribution < -0.4 is 24.6 Å². The summed E-state index contributed by atoms with van der Waals surface area (Å²) in [5, 5.41) is 3.15. The number of amides is 2. The highest BCUT2D eigenvalue weighted by Gasteiger charge is 2.40. The molecule has 3 aromatic carbocycles. The fourth-order valence-corrected chi connectivity index (χ4v) is 3.70. The second-order valence-corrected chi connectivity index (χ2v) is 7.66. The number of ether oxygens (including phenoxy) is 2. The van der Waals surface area contributed by atoms with Gasteiger partial charge in [0.05, 0.1) is 31.2 Å². The van der Waals surface area contributed by atoms with Gasteiger partial charge in [-0.05, 0) is 42.0 Å². The van der Waals surface area contributed by atoms with E-state index in [-0.39, 0.29) is 5.70 Å². The third-order valence-corrected chi connectivity index (χ3v) is 5.44. The van der Waals surface area contributed by atoms with Crippen molar-refractivity contribution in [3.8, 4) is 11.5 Å². The van der Waals surface area contributed by atoms with E-state index in [0.29, 0.717) is 34.0 Å². The van der Waals surface area contributed by atoms with Crippen LogP contribution in [-0.2, 0) is 9.59 Å². The minimum Gasteiger partial charge on any atom is -0.497 e. The predicted octanol–water partition coefficient (Wildman–Crippen LogP) is 4.17. The topological polar surface area (TPSA) is 71.1 Å². The quantitative estimate of drug-likeness (QED) is 0.553. The second kappa shape index (κ2) is 9.08. The largest absolute Gasteiger partial charge is 0.497 e. The van der Waals surface area contributed by atoms with Crippen LogP contribution in [0.3, 0.4) is 0 Å². The average Bonchev–Trinajstić information content (AvgIpc) is 3.08. The van der Waals surface area contributed by atoms with Crippen molar-refractivity contribution < 1.29 is 19.1 Å². The average molecular weight is 444 g/mol. The van der Waals surface area contributed by atoms with E-state index in [1.807, 2.05) is 61.5 Å². The first-order chi connectivity index (χ1) is 15.9. The molecule has 33 heavy (non-hydrogen) atoms. The first kappa shape index (κ1) is 22.0. The maximum Gasteiger partial charge on any atom is 0.282 e. The second-order valence-electron chi connectivity index (χ2n) is 7.66. The van der Waals surface area contributed by atoms with E-state index in [1.165, 1.54) is 4.90 Å². The first-order valence-electron chi connectivity index (χ1n) is 10.4. The van der Waals surface area contributed by atoms with Crippen LogP contribution in [0.15, 0.2) is 78.5 Å². The SMILES string of the molecule is COc1ccc(OC)c(NC2=C(c3ccccc3)C(=O)N(c3ccc(N(C)C)cc3)C2=O)c1. The lowest BCUT2D eigenvalue weighted by molar-refractivity contribution is -0.120. The molecule has 0 spiro atoms. The van der Waals surface area contributed by atoms with Crippen LogP contribution in [0.2, 0.25) is 0 Å². The highest BCUT2D eigenvalue weighted by atomic mass is 16.5. The molecule has 0 unspecified atom stereocenters. The van der Waals surface area contributed by atoms with Gasteiger partial charge in [0.1, 0.15) is 17.2 Å². The highest BCUT2D eigenvalue weighted by molar-refractivity contribution is 6.46. The number of hydrogen-bond donors (Lipinski definition) is 1. The Morgan fingerprint density at radius 2 is 1.52 bits per heavy atom. The monoisotopic (exact) mass is 443 g/mol. The van der Waals surface area contributed by atoms with Gasteiger partial charge in [-0.25, -0.2) is 4.90 Å². The zero-order valence-corrected chi connectivity index (χ0v) is 19.0. The number of imide groups is 1. The van der Waals surface area contributed by atoms with Crippen LogP contribution in [-0.4, -0.2) is 40.1 Å². The molecule has 4 rings (SSSR count). The normalized spacial score (nSPS) is 13.4. The van der Waals surface area contributed by atoms with Gasteiger partial charge in [0.25, 0.3) is 11.8 Å². The molecule has 0 aliphatic carbocycles. The zero-order valence-electron chi connectivity index (χ0n) is 19.0. The summed E-state index contributed by atoms with van der Waals surface area (Å²) in [5.41, 5.74) is 3.10. The summed E-state index contributed by atoms with van der Waals surface area (Å²) in [6, 6.07) is 21.6. The molecule has 168 valence electrons. The molecular weight excluding hydrogens is 418 g/mol. The maximum atomic E-state index is 13.6. The lowest BCUT2D eigenvalue weighted by atomic mass is 10.0. The Bertz CT molecular complexity index is 1220. The van der Waals surface area contributed by atoms with Crippen LogP contribution in [0.1, 0.15) is 5.56 Å². The smallest absolute Gasteiger partial charge is 0.282 e. The molecule has 0 saturated carbocycles. The molecule has 0 radical (unpaired) electrons. The van der Waals surface area contributed by atoms with Crippen molar-refractivity contribution in [2.45, 2.75) is 0 Å². The summed E-state index contributed by atoms with van der Waals surface area (Å²) in [6.07, 6.45) is 0. The van der Waals surface area contributed by atoms with E-state index in [9.17, 15) is 9.59 Å².